The molecular weight excluding hydrogens is 495 g/mol. The van der Waals surface area contributed by atoms with E-state index in [0.29, 0.717) is 5.52 Å². The van der Waals surface area contributed by atoms with E-state index in [9.17, 15) is 26.4 Å². The number of fused-ring (bicyclic) bond motifs is 2. The Morgan fingerprint density at radius 1 is 1.03 bits per heavy atom. The average Bonchev–Trinajstić information content (AvgIpc) is 3.41. The van der Waals surface area contributed by atoms with Gasteiger partial charge < -0.3 is 13.7 Å². The first-order valence-electron chi connectivity index (χ1n) is 9.39. The quantitative estimate of drug-likeness (QED) is 0.279. The Morgan fingerprint density at radius 3 is 2.43 bits per heavy atom. The highest BCUT2D eigenvalue weighted by Crippen LogP contribution is 2.40. The number of alkyl halides is 3. The van der Waals surface area contributed by atoms with Gasteiger partial charge in [-0.3, -0.25) is 4.98 Å². The number of carbonyl (C=O) groups is 1. The number of nitrogens with zero attached hydrogens (tertiary/aromatic N) is 5. The summed E-state index contributed by atoms with van der Waals surface area (Å²) in [5, 5.41) is 13.2. The fourth-order valence-electron chi connectivity index (χ4n) is 2.85. The number of hydrogen-bond donors (Lipinski definition) is 1. The molecule has 5 rings (SSSR count). The van der Waals surface area contributed by atoms with Crippen molar-refractivity contribution in [3.63, 3.8) is 0 Å². The Labute approximate surface area is 193 Å². The van der Waals surface area contributed by atoms with Gasteiger partial charge in [0.2, 0.25) is 5.76 Å². The van der Waals surface area contributed by atoms with Crippen molar-refractivity contribution in [1.82, 2.24) is 24.7 Å². The summed E-state index contributed by atoms with van der Waals surface area (Å²) in [5.41, 5.74) is -4.94. The van der Waals surface area contributed by atoms with Gasteiger partial charge in [-0.1, -0.05) is 18.2 Å². The van der Waals surface area contributed by atoms with Gasteiger partial charge in [0.1, 0.15) is 0 Å². The summed E-state index contributed by atoms with van der Waals surface area (Å²) in [6.07, 6.45) is 5.56. The van der Waals surface area contributed by atoms with Crippen molar-refractivity contribution >= 4 is 38.1 Å². The molecule has 0 spiro atoms. The maximum Gasteiger partial charge on any atom is 0.534 e. The van der Waals surface area contributed by atoms with E-state index < -0.39 is 27.5 Å². The normalized spacial score (nSPS) is 11.7. The second-order valence-electron chi connectivity index (χ2n) is 6.59. The van der Waals surface area contributed by atoms with Crippen LogP contribution in [-0.4, -0.2) is 49.9 Å². The highest BCUT2D eigenvalue weighted by atomic mass is 32.2. The molecule has 4 aromatic heterocycles. The van der Waals surface area contributed by atoms with Crippen LogP contribution in [0.25, 0.3) is 33.5 Å². The molecule has 0 saturated carbocycles. The zero-order chi connectivity index (χ0) is 25.2. The molecule has 0 amide bonds. The number of pyridine rings is 1. The molecule has 0 aliphatic rings. The number of hydrogen-bond acceptors (Lipinski definition) is 9. The number of furan rings is 1. The molecule has 1 N–H and O–H groups in total. The van der Waals surface area contributed by atoms with Crippen molar-refractivity contribution < 1.29 is 40.1 Å². The van der Waals surface area contributed by atoms with E-state index in [1.807, 2.05) is 12.1 Å². The van der Waals surface area contributed by atoms with E-state index >= 15 is 0 Å². The van der Waals surface area contributed by atoms with Crippen LogP contribution in [0.1, 0.15) is 0 Å². The number of aromatic nitrogens is 5. The summed E-state index contributed by atoms with van der Waals surface area (Å²) in [6, 6.07) is 9.89. The lowest BCUT2D eigenvalue weighted by Crippen LogP contribution is -2.28. The van der Waals surface area contributed by atoms with Crippen molar-refractivity contribution in [2.45, 2.75) is 5.51 Å². The Morgan fingerprint density at radius 2 is 1.74 bits per heavy atom. The molecule has 0 unspecified atom stereocenters. The van der Waals surface area contributed by atoms with Crippen LogP contribution >= 0.6 is 0 Å². The minimum absolute atomic E-state index is 0.00437. The van der Waals surface area contributed by atoms with Gasteiger partial charge in [-0.15, -0.1) is 0 Å². The second-order valence-corrected chi connectivity index (χ2v) is 8.12. The van der Waals surface area contributed by atoms with Crippen LogP contribution in [0.2, 0.25) is 0 Å². The number of para-hydroxylation sites is 1. The molecular formula is C20H12F3N5O6S. The molecule has 4 heterocycles. The van der Waals surface area contributed by atoms with E-state index in [1.54, 1.807) is 12.1 Å². The number of halogens is 3. The predicted octanol–water partition coefficient (Wildman–Crippen LogP) is 4.08. The Bertz CT molecular complexity index is 1620. The molecule has 0 bridgehead atoms. The minimum atomic E-state index is -5.88. The van der Waals surface area contributed by atoms with Gasteiger partial charge in [0.15, 0.2) is 17.2 Å². The summed E-state index contributed by atoms with van der Waals surface area (Å²) in [6.45, 7) is 0. The third kappa shape index (κ3) is 4.74. The highest BCUT2D eigenvalue weighted by Gasteiger charge is 2.49. The standard InChI is InChI=1S/C12H6F3N3O4S.C8H6N2O2/c13-12(14,15)23(19,20)22-9-7-2-5-16-6-8(7)21-10(9)11-17-3-1-4-18-11;11-8(12)10-7-4-2-1-3-6(7)5-9-10/h1-6H;1-5H,(H,11,12). The van der Waals surface area contributed by atoms with E-state index in [1.165, 1.54) is 43.1 Å². The molecule has 0 fully saturated rings. The molecule has 0 radical (unpaired) electrons. The largest absolute Gasteiger partial charge is 0.534 e. The predicted molar refractivity (Wildman–Crippen MR) is 114 cm³/mol. The van der Waals surface area contributed by atoms with E-state index in [2.05, 4.69) is 24.2 Å². The van der Waals surface area contributed by atoms with Gasteiger partial charge in [-0.2, -0.15) is 31.4 Å². The van der Waals surface area contributed by atoms with Crippen LogP contribution in [0.15, 0.2) is 71.8 Å². The summed E-state index contributed by atoms with van der Waals surface area (Å²) >= 11 is 0. The summed E-state index contributed by atoms with van der Waals surface area (Å²) in [4.78, 5) is 22.0. The maximum atomic E-state index is 12.6. The Balaban J connectivity index is 0.000000201. The molecule has 0 atom stereocenters. The smallest absolute Gasteiger partial charge is 0.463 e. The number of carboxylic acid groups (broad SMARTS) is 1. The topological polar surface area (TPSA) is 150 Å². The molecule has 180 valence electrons. The Hall–Kier alpha value is -4.53. The molecule has 11 nitrogen and oxygen atoms in total. The van der Waals surface area contributed by atoms with Crippen LogP contribution < -0.4 is 4.18 Å². The first-order chi connectivity index (χ1) is 16.6. The summed E-state index contributed by atoms with van der Waals surface area (Å²) in [7, 11) is -5.88. The lowest BCUT2D eigenvalue weighted by atomic mass is 10.3. The fourth-order valence-corrected chi connectivity index (χ4v) is 3.33. The lowest BCUT2D eigenvalue weighted by Gasteiger charge is -2.09. The molecule has 0 saturated heterocycles. The number of benzene rings is 1. The highest BCUT2D eigenvalue weighted by molar-refractivity contribution is 7.88. The first-order valence-corrected chi connectivity index (χ1v) is 10.8. The van der Waals surface area contributed by atoms with E-state index in [4.69, 9.17) is 9.52 Å². The molecule has 35 heavy (non-hydrogen) atoms. The molecule has 1 aromatic carbocycles. The zero-order valence-electron chi connectivity index (χ0n) is 17.1. The van der Waals surface area contributed by atoms with Crippen LogP contribution in [0.3, 0.4) is 0 Å². The SMILES string of the molecule is O=C(O)n1ncc2ccccc21.O=S(=O)(Oc1c(-c2ncccn2)oc2cnccc12)C(F)(F)F. The zero-order valence-corrected chi connectivity index (χ0v) is 17.9. The van der Waals surface area contributed by atoms with Crippen LogP contribution in [0.5, 0.6) is 5.75 Å². The van der Waals surface area contributed by atoms with Crippen molar-refractivity contribution in [2.24, 2.45) is 0 Å². The van der Waals surface area contributed by atoms with Gasteiger partial charge in [0.05, 0.1) is 23.3 Å². The average molecular weight is 507 g/mol. The van der Waals surface area contributed by atoms with E-state index in [0.717, 1.165) is 10.1 Å². The molecule has 15 heteroatoms. The summed E-state index contributed by atoms with van der Waals surface area (Å²) in [5.74, 6) is -1.12. The van der Waals surface area contributed by atoms with Crippen molar-refractivity contribution in [3.05, 3.63) is 67.4 Å². The second kappa shape index (κ2) is 9.02. The van der Waals surface area contributed by atoms with Crippen LogP contribution in [0, 0.1) is 0 Å². The van der Waals surface area contributed by atoms with Crippen molar-refractivity contribution in [1.29, 1.82) is 0 Å². The van der Waals surface area contributed by atoms with Gasteiger partial charge >= 0.3 is 21.7 Å². The molecule has 0 aliphatic heterocycles. The lowest BCUT2D eigenvalue weighted by molar-refractivity contribution is -0.0499. The third-order valence-corrected chi connectivity index (χ3v) is 5.30. The third-order valence-electron chi connectivity index (χ3n) is 4.35. The van der Waals surface area contributed by atoms with Crippen LogP contribution in [-0.2, 0) is 10.1 Å². The van der Waals surface area contributed by atoms with Gasteiger partial charge in [0.25, 0.3) is 0 Å². The Kier molecular flexibility index (Phi) is 6.09. The minimum Gasteiger partial charge on any atom is -0.463 e. The number of rotatable bonds is 3. The van der Waals surface area contributed by atoms with Crippen molar-refractivity contribution in [3.8, 4) is 17.3 Å². The fraction of sp³-hybridized carbons (Fsp3) is 0.0500. The van der Waals surface area contributed by atoms with Crippen LogP contribution in [0.4, 0.5) is 18.0 Å². The van der Waals surface area contributed by atoms with E-state index in [-0.39, 0.29) is 22.6 Å². The monoisotopic (exact) mass is 507 g/mol. The van der Waals surface area contributed by atoms with Gasteiger partial charge in [-0.05, 0) is 18.2 Å². The van der Waals surface area contributed by atoms with Gasteiger partial charge in [0, 0.05) is 24.0 Å². The maximum absolute atomic E-state index is 12.6. The molecule has 5 aromatic rings. The summed E-state index contributed by atoms with van der Waals surface area (Å²) < 4.78 is 70.8. The van der Waals surface area contributed by atoms with Gasteiger partial charge in [-0.25, -0.2) is 14.8 Å². The van der Waals surface area contributed by atoms with Crippen molar-refractivity contribution in [2.75, 3.05) is 0 Å². The first kappa shape index (κ1) is 23.6. The molecule has 0 aliphatic carbocycles.